The number of para-hydroxylation sites is 1. The molecule has 0 amide bonds. The van der Waals surface area contributed by atoms with E-state index in [-0.39, 0.29) is 10.9 Å². The van der Waals surface area contributed by atoms with Crippen LogP contribution in [0.25, 0.3) is 11.0 Å². The van der Waals surface area contributed by atoms with Gasteiger partial charge in [0.2, 0.25) is 0 Å². The van der Waals surface area contributed by atoms with Crippen molar-refractivity contribution in [2.24, 2.45) is 4.99 Å². The van der Waals surface area contributed by atoms with Crippen LogP contribution < -0.4 is 4.74 Å². The van der Waals surface area contributed by atoms with Crippen LogP contribution in [0.2, 0.25) is 0 Å². The second-order valence-electron chi connectivity index (χ2n) is 8.89. The van der Waals surface area contributed by atoms with Crippen LogP contribution in [0, 0.1) is 6.92 Å². The van der Waals surface area contributed by atoms with E-state index < -0.39 is 15.7 Å². The van der Waals surface area contributed by atoms with E-state index in [1.165, 1.54) is 0 Å². The van der Waals surface area contributed by atoms with Crippen LogP contribution in [0.5, 0.6) is 5.75 Å². The first-order valence-corrected chi connectivity index (χ1v) is 13.7. The number of benzene rings is 3. The van der Waals surface area contributed by atoms with Gasteiger partial charge in [0.1, 0.15) is 23.0 Å². The molecule has 0 spiro atoms. The summed E-state index contributed by atoms with van der Waals surface area (Å²) >= 11 is 0. The van der Waals surface area contributed by atoms with E-state index in [9.17, 15) is 8.42 Å². The van der Waals surface area contributed by atoms with Gasteiger partial charge in [0.25, 0.3) is 0 Å². The van der Waals surface area contributed by atoms with Crippen molar-refractivity contribution >= 4 is 26.7 Å². The molecule has 10 heteroatoms. The summed E-state index contributed by atoms with van der Waals surface area (Å²) in [5.74, 6) is 0.795. The molecule has 9 nitrogen and oxygen atoms in total. The number of nitrogens with zero attached hydrogens (tertiary/aromatic N) is 5. The average Bonchev–Trinajstić information content (AvgIpc) is 3.36. The molecule has 1 atom stereocenters. The van der Waals surface area contributed by atoms with Gasteiger partial charge < -0.3 is 9.47 Å². The molecular formula is C27H29N5O4S. The standard InChI is InChI=1S/C27H29N5O4S/c1-20-7-13-23(14-8-20)37(33,34)19-28-27(32-25-6-4-3-5-24(25)29-30-32)26(31-15-17-36-18-16-31)21-9-11-22(35-2)12-10-21/h3-14,26H,15-19H2,1-2H3/b28-27+. The zero-order valence-electron chi connectivity index (χ0n) is 20.8. The second-order valence-corrected chi connectivity index (χ2v) is 10.8. The van der Waals surface area contributed by atoms with Crippen molar-refractivity contribution in [1.82, 2.24) is 19.9 Å². The Morgan fingerprint density at radius 3 is 2.43 bits per heavy atom. The molecule has 0 aliphatic carbocycles. The smallest absolute Gasteiger partial charge is 0.198 e. The number of methoxy groups -OCH3 is 1. The maximum Gasteiger partial charge on any atom is 0.198 e. The highest BCUT2D eigenvalue weighted by atomic mass is 32.2. The Morgan fingerprint density at radius 2 is 1.73 bits per heavy atom. The van der Waals surface area contributed by atoms with E-state index in [0.717, 1.165) is 22.4 Å². The molecule has 5 rings (SSSR count). The molecule has 1 fully saturated rings. The third kappa shape index (κ3) is 5.41. The fourth-order valence-electron chi connectivity index (χ4n) is 4.42. The van der Waals surface area contributed by atoms with Crippen molar-refractivity contribution < 1.29 is 17.9 Å². The summed E-state index contributed by atoms with van der Waals surface area (Å²) < 4.78 is 39.2. The van der Waals surface area contributed by atoms with Gasteiger partial charge >= 0.3 is 0 Å². The molecule has 0 saturated carbocycles. The van der Waals surface area contributed by atoms with Crippen LogP contribution >= 0.6 is 0 Å². The molecule has 0 bridgehead atoms. The van der Waals surface area contributed by atoms with Crippen molar-refractivity contribution in [2.75, 3.05) is 39.3 Å². The van der Waals surface area contributed by atoms with Crippen molar-refractivity contribution in [3.8, 4) is 5.75 Å². The van der Waals surface area contributed by atoms with E-state index >= 15 is 0 Å². The third-order valence-corrected chi connectivity index (χ3v) is 7.89. The lowest BCUT2D eigenvalue weighted by molar-refractivity contribution is 0.0280. The number of aliphatic imine (C=N–C) groups is 1. The predicted molar refractivity (Wildman–Crippen MR) is 142 cm³/mol. The number of hydrogen-bond acceptors (Lipinski definition) is 8. The Bertz CT molecular complexity index is 1490. The fraction of sp³-hybridized carbons (Fsp3) is 0.296. The van der Waals surface area contributed by atoms with Gasteiger partial charge in [-0.3, -0.25) is 9.89 Å². The highest BCUT2D eigenvalue weighted by molar-refractivity contribution is 7.91. The number of aromatic nitrogens is 3. The molecule has 0 radical (unpaired) electrons. The summed E-state index contributed by atoms with van der Waals surface area (Å²) in [5.41, 5.74) is 3.38. The number of morpholine rings is 1. The van der Waals surface area contributed by atoms with Crippen LogP contribution in [0.4, 0.5) is 0 Å². The summed E-state index contributed by atoms with van der Waals surface area (Å²) in [5, 5.41) is 8.73. The zero-order valence-corrected chi connectivity index (χ0v) is 21.6. The quantitative estimate of drug-likeness (QED) is 0.272. The number of hydrogen-bond donors (Lipinski definition) is 0. The molecule has 1 aliphatic rings. The van der Waals surface area contributed by atoms with Crippen LogP contribution in [0.1, 0.15) is 17.2 Å². The van der Waals surface area contributed by atoms with Gasteiger partial charge in [-0.25, -0.2) is 8.42 Å². The molecule has 4 aromatic rings. The fourth-order valence-corrected chi connectivity index (χ4v) is 5.43. The Morgan fingerprint density at radius 1 is 1.03 bits per heavy atom. The summed E-state index contributed by atoms with van der Waals surface area (Å²) in [4.78, 5) is 7.23. The Kier molecular flexibility index (Phi) is 7.31. The number of rotatable bonds is 7. The Balaban J connectivity index is 1.65. The monoisotopic (exact) mass is 519 g/mol. The first kappa shape index (κ1) is 25.1. The minimum atomic E-state index is -3.69. The first-order chi connectivity index (χ1) is 18.0. The van der Waals surface area contributed by atoms with Crippen molar-refractivity contribution in [3.05, 3.63) is 83.9 Å². The van der Waals surface area contributed by atoms with E-state index in [2.05, 4.69) is 15.2 Å². The zero-order chi connectivity index (χ0) is 25.8. The van der Waals surface area contributed by atoms with Crippen molar-refractivity contribution in [1.29, 1.82) is 0 Å². The molecular weight excluding hydrogens is 490 g/mol. The van der Waals surface area contributed by atoms with Crippen molar-refractivity contribution in [2.45, 2.75) is 17.9 Å². The Labute approximate surface area is 216 Å². The van der Waals surface area contributed by atoms with Crippen LogP contribution in [0.3, 0.4) is 0 Å². The maximum absolute atomic E-state index is 13.3. The van der Waals surface area contributed by atoms with Gasteiger partial charge in [-0.2, -0.15) is 4.68 Å². The van der Waals surface area contributed by atoms with Gasteiger partial charge in [-0.15, -0.1) is 5.10 Å². The van der Waals surface area contributed by atoms with Gasteiger partial charge in [0.15, 0.2) is 9.84 Å². The highest BCUT2D eigenvalue weighted by Crippen LogP contribution is 2.28. The van der Waals surface area contributed by atoms with Crippen LogP contribution in [-0.2, 0) is 14.6 Å². The predicted octanol–water partition coefficient (Wildman–Crippen LogP) is 3.50. The van der Waals surface area contributed by atoms with E-state index in [4.69, 9.17) is 14.5 Å². The topological polar surface area (TPSA) is 98.9 Å². The normalized spacial score (nSPS) is 16.1. The molecule has 1 aromatic heterocycles. The SMILES string of the molecule is COc1ccc(C(/C(=N\CS(=O)(=O)c2ccc(C)cc2)n2nnc3ccccc32)N2CCOCC2)cc1. The number of aryl methyl sites for hydroxylation is 1. The highest BCUT2D eigenvalue weighted by Gasteiger charge is 2.31. The summed E-state index contributed by atoms with van der Waals surface area (Å²) in [7, 11) is -2.06. The molecule has 1 saturated heterocycles. The molecule has 0 N–H and O–H groups in total. The number of ether oxygens (including phenoxy) is 2. The second kappa shape index (κ2) is 10.8. The third-order valence-electron chi connectivity index (χ3n) is 6.43. The molecule has 37 heavy (non-hydrogen) atoms. The average molecular weight is 520 g/mol. The minimum absolute atomic E-state index is 0.233. The van der Waals surface area contributed by atoms with E-state index in [1.807, 2.05) is 55.5 Å². The maximum atomic E-state index is 13.3. The molecule has 1 unspecified atom stereocenters. The lowest BCUT2D eigenvalue weighted by atomic mass is 10.0. The van der Waals surface area contributed by atoms with Gasteiger partial charge in [-0.05, 0) is 48.9 Å². The summed E-state index contributed by atoms with van der Waals surface area (Å²) in [6, 6.07) is 21.7. The molecule has 3 aromatic carbocycles. The molecule has 192 valence electrons. The number of fused-ring (bicyclic) bond motifs is 1. The van der Waals surface area contributed by atoms with Crippen LogP contribution in [-0.4, -0.2) is 73.4 Å². The van der Waals surface area contributed by atoms with Crippen molar-refractivity contribution in [3.63, 3.8) is 0 Å². The van der Waals surface area contributed by atoms with Crippen LogP contribution in [0.15, 0.2) is 82.7 Å². The van der Waals surface area contributed by atoms with Gasteiger partial charge in [0.05, 0.1) is 36.8 Å². The van der Waals surface area contributed by atoms with E-state index in [0.29, 0.717) is 37.7 Å². The van der Waals surface area contributed by atoms with E-state index in [1.54, 1.807) is 36.1 Å². The summed E-state index contributed by atoms with van der Waals surface area (Å²) in [6.45, 7) is 4.38. The Hall–Kier alpha value is -3.60. The van der Waals surface area contributed by atoms with Gasteiger partial charge in [0, 0.05) is 13.1 Å². The van der Waals surface area contributed by atoms with Gasteiger partial charge in [-0.1, -0.05) is 47.2 Å². The lowest BCUT2D eigenvalue weighted by Crippen LogP contribution is -2.44. The minimum Gasteiger partial charge on any atom is -0.497 e. The molecule has 1 aliphatic heterocycles. The first-order valence-electron chi connectivity index (χ1n) is 12.1. The largest absolute Gasteiger partial charge is 0.497 e. The lowest BCUT2D eigenvalue weighted by Gasteiger charge is -2.35. The number of sulfone groups is 1. The summed E-state index contributed by atoms with van der Waals surface area (Å²) in [6.07, 6.45) is 0. The molecule has 2 heterocycles.